The molecule has 140 valence electrons. The molecule has 7 heteroatoms. The minimum Gasteiger partial charge on any atom is -0.383 e. The molecule has 0 bridgehead atoms. The second-order valence-corrected chi connectivity index (χ2v) is 7.63. The highest BCUT2D eigenvalue weighted by Gasteiger charge is 2.27. The first-order valence-electron chi connectivity index (χ1n) is 9.01. The lowest BCUT2D eigenvalue weighted by Gasteiger charge is -2.36. The van der Waals surface area contributed by atoms with Crippen molar-refractivity contribution < 1.29 is 9.90 Å². The fourth-order valence-corrected chi connectivity index (χ4v) is 3.50. The van der Waals surface area contributed by atoms with Crippen LogP contribution in [-0.2, 0) is 4.79 Å². The number of hydrogen-bond acceptors (Lipinski definition) is 5. The molecule has 2 heterocycles. The number of aliphatic hydroxyl groups excluding tert-OH is 1. The number of benzene rings is 1. The molecule has 1 amide bonds. The zero-order valence-electron chi connectivity index (χ0n) is 15.4. The highest BCUT2D eigenvalue weighted by Crippen LogP contribution is 2.27. The van der Waals surface area contributed by atoms with Crippen molar-refractivity contribution in [3.63, 3.8) is 0 Å². The number of hydrogen-bond donors (Lipinski definition) is 1. The Kier molecular flexibility index (Phi) is 5.63. The average Bonchev–Trinajstić information content (AvgIpc) is 2.59. The molecule has 2 aromatic rings. The molecule has 1 unspecified atom stereocenters. The van der Waals surface area contributed by atoms with Crippen LogP contribution in [0, 0.1) is 12.8 Å². The van der Waals surface area contributed by atoms with Gasteiger partial charge in [-0.3, -0.25) is 4.79 Å². The van der Waals surface area contributed by atoms with Crippen molar-refractivity contribution in [3.8, 4) is 0 Å². The number of anilines is 1. The summed E-state index contributed by atoms with van der Waals surface area (Å²) in [4.78, 5) is 25.0. The number of fused-ring (bicyclic) bond motifs is 1. The number of nitrogens with zero attached hydrogens (tertiary/aromatic N) is 4. The maximum absolute atomic E-state index is 12.4. The van der Waals surface area contributed by atoms with Crippen molar-refractivity contribution in [2.45, 2.75) is 33.3 Å². The molecule has 0 radical (unpaired) electrons. The maximum atomic E-state index is 12.4. The van der Waals surface area contributed by atoms with E-state index in [1.165, 1.54) is 0 Å². The van der Waals surface area contributed by atoms with Gasteiger partial charge in [0.1, 0.15) is 11.9 Å². The first-order valence-corrected chi connectivity index (χ1v) is 9.38. The van der Waals surface area contributed by atoms with E-state index in [4.69, 9.17) is 11.6 Å². The van der Waals surface area contributed by atoms with Gasteiger partial charge in [0.25, 0.3) is 5.91 Å². The number of piperazine rings is 1. The molecule has 6 nitrogen and oxygen atoms in total. The third-order valence-corrected chi connectivity index (χ3v) is 4.84. The molecule has 0 saturated carbocycles. The third kappa shape index (κ3) is 4.07. The van der Waals surface area contributed by atoms with Gasteiger partial charge in [0.2, 0.25) is 5.28 Å². The minimum absolute atomic E-state index is 0.181. The van der Waals surface area contributed by atoms with Gasteiger partial charge in [0.05, 0.1) is 5.52 Å². The number of aromatic nitrogens is 2. The Morgan fingerprint density at radius 1 is 1.23 bits per heavy atom. The highest BCUT2D eigenvalue weighted by molar-refractivity contribution is 6.28. The monoisotopic (exact) mass is 376 g/mol. The summed E-state index contributed by atoms with van der Waals surface area (Å²) in [6.45, 7) is 8.43. The fourth-order valence-electron chi connectivity index (χ4n) is 3.33. The van der Waals surface area contributed by atoms with Crippen molar-refractivity contribution in [3.05, 3.63) is 29.0 Å². The Morgan fingerprint density at radius 2 is 1.92 bits per heavy atom. The normalized spacial score (nSPS) is 16.4. The van der Waals surface area contributed by atoms with Crippen LogP contribution in [0.4, 0.5) is 5.82 Å². The summed E-state index contributed by atoms with van der Waals surface area (Å²) in [7, 11) is 0. The van der Waals surface area contributed by atoms with Gasteiger partial charge in [-0.2, -0.15) is 4.98 Å². The summed E-state index contributed by atoms with van der Waals surface area (Å²) in [5, 5.41) is 11.3. The van der Waals surface area contributed by atoms with Crippen LogP contribution in [-0.4, -0.2) is 58.2 Å². The highest BCUT2D eigenvalue weighted by atomic mass is 35.5. The number of rotatable bonds is 4. The third-order valence-electron chi connectivity index (χ3n) is 4.68. The molecule has 26 heavy (non-hydrogen) atoms. The van der Waals surface area contributed by atoms with E-state index < -0.39 is 6.10 Å². The lowest BCUT2D eigenvalue weighted by Crippen LogP contribution is -2.52. The molecular weight excluding hydrogens is 352 g/mol. The van der Waals surface area contributed by atoms with Gasteiger partial charge in [-0.25, -0.2) is 4.98 Å². The number of halogens is 1. The topological polar surface area (TPSA) is 69.6 Å². The van der Waals surface area contributed by atoms with Crippen molar-refractivity contribution >= 4 is 34.2 Å². The molecule has 1 aliphatic rings. The average molecular weight is 377 g/mol. The largest absolute Gasteiger partial charge is 0.383 e. The van der Waals surface area contributed by atoms with Crippen LogP contribution in [0.5, 0.6) is 0 Å². The van der Waals surface area contributed by atoms with Crippen LogP contribution in [0.1, 0.15) is 25.8 Å². The summed E-state index contributed by atoms with van der Waals surface area (Å²) in [5.41, 5.74) is 1.94. The minimum atomic E-state index is -0.918. The van der Waals surface area contributed by atoms with Crippen LogP contribution in [0.15, 0.2) is 18.2 Å². The van der Waals surface area contributed by atoms with Crippen molar-refractivity contribution in [2.24, 2.45) is 5.92 Å². The Balaban J connectivity index is 1.74. The number of carbonyl (C=O) groups is 1. The van der Waals surface area contributed by atoms with Crippen molar-refractivity contribution in [1.82, 2.24) is 14.9 Å². The molecule has 1 N–H and O–H groups in total. The van der Waals surface area contributed by atoms with Crippen molar-refractivity contribution in [1.29, 1.82) is 0 Å². The summed E-state index contributed by atoms with van der Waals surface area (Å²) < 4.78 is 0. The van der Waals surface area contributed by atoms with Crippen LogP contribution in [0.2, 0.25) is 5.28 Å². The number of aryl methyl sites for hydroxylation is 1. The molecule has 1 aromatic carbocycles. The van der Waals surface area contributed by atoms with Gasteiger partial charge < -0.3 is 14.9 Å². The summed E-state index contributed by atoms with van der Waals surface area (Å²) in [5.74, 6) is 0.905. The van der Waals surface area contributed by atoms with E-state index in [1.54, 1.807) is 4.90 Å². The smallest absolute Gasteiger partial charge is 0.251 e. The molecular formula is C19H25ClN4O2. The van der Waals surface area contributed by atoms with Gasteiger partial charge in [0, 0.05) is 31.6 Å². The Hall–Kier alpha value is -1.92. The van der Waals surface area contributed by atoms with Gasteiger partial charge in [-0.15, -0.1) is 0 Å². The van der Waals surface area contributed by atoms with E-state index >= 15 is 0 Å². The Morgan fingerprint density at radius 3 is 2.58 bits per heavy atom. The zero-order chi connectivity index (χ0) is 18.8. The van der Waals surface area contributed by atoms with Crippen molar-refractivity contribution in [2.75, 3.05) is 31.1 Å². The molecule has 1 aromatic heterocycles. The maximum Gasteiger partial charge on any atom is 0.251 e. The molecule has 0 spiro atoms. The summed E-state index contributed by atoms with van der Waals surface area (Å²) in [6, 6.07) is 6.04. The van der Waals surface area contributed by atoms with E-state index in [9.17, 15) is 9.90 Å². The second-order valence-electron chi connectivity index (χ2n) is 7.29. The SMILES string of the molecule is Cc1ccc2c(N3CCN(C(=O)C(O)CC(C)C)CC3)nc(Cl)nc2c1. The first-order chi connectivity index (χ1) is 12.3. The van der Waals surface area contributed by atoms with Crippen LogP contribution < -0.4 is 4.90 Å². The Labute approximate surface area is 158 Å². The van der Waals surface area contributed by atoms with E-state index in [0.29, 0.717) is 32.6 Å². The summed E-state index contributed by atoms with van der Waals surface area (Å²) >= 11 is 6.12. The van der Waals surface area contributed by atoms with Gasteiger partial charge in [0.15, 0.2) is 0 Å². The number of aliphatic hydroxyl groups is 1. The quantitative estimate of drug-likeness (QED) is 0.831. The molecule has 1 fully saturated rings. The number of carbonyl (C=O) groups excluding carboxylic acids is 1. The fraction of sp³-hybridized carbons (Fsp3) is 0.526. The van der Waals surface area contributed by atoms with Crippen LogP contribution in [0.25, 0.3) is 10.9 Å². The molecule has 1 aliphatic heterocycles. The van der Waals surface area contributed by atoms with E-state index in [2.05, 4.69) is 14.9 Å². The summed E-state index contributed by atoms with van der Waals surface area (Å²) in [6.07, 6.45) is -0.427. The Bertz CT molecular complexity index is 798. The standard InChI is InChI=1S/C19H25ClN4O2/c1-12(2)10-16(25)18(26)24-8-6-23(7-9-24)17-14-5-4-13(3)11-15(14)21-19(20)22-17/h4-5,11-12,16,25H,6-10H2,1-3H3. The molecule has 1 atom stereocenters. The predicted octanol–water partition coefficient (Wildman–Crippen LogP) is 2.65. The molecule has 1 saturated heterocycles. The van der Waals surface area contributed by atoms with E-state index in [-0.39, 0.29) is 17.1 Å². The molecule has 3 rings (SSSR count). The lowest BCUT2D eigenvalue weighted by atomic mass is 10.0. The lowest BCUT2D eigenvalue weighted by molar-refractivity contribution is -0.141. The zero-order valence-corrected chi connectivity index (χ0v) is 16.2. The van der Waals surface area contributed by atoms with Crippen LogP contribution >= 0.6 is 11.6 Å². The first kappa shape index (κ1) is 18.9. The van der Waals surface area contributed by atoms with Gasteiger partial charge >= 0.3 is 0 Å². The number of amides is 1. The molecule has 0 aliphatic carbocycles. The predicted molar refractivity (Wildman–Crippen MR) is 104 cm³/mol. The van der Waals surface area contributed by atoms with E-state index in [0.717, 1.165) is 22.3 Å². The van der Waals surface area contributed by atoms with E-state index in [1.807, 2.05) is 39.0 Å². The van der Waals surface area contributed by atoms with Crippen LogP contribution in [0.3, 0.4) is 0 Å². The second kappa shape index (κ2) is 7.76. The van der Waals surface area contributed by atoms with Gasteiger partial charge in [-0.05, 0) is 48.6 Å². The van der Waals surface area contributed by atoms with Gasteiger partial charge in [-0.1, -0.05) is 19.9 Å².